The van der Waals surface area contributed by atoms with Gasteiger partial charge in [-0.25, -0.2) is 0 Å². The summed E-state index contributed by atoms with van der Waals surface area (Å²) in [6.07, 6.45) is 0. The van der Waals surface area contributed by atoms with Gasteiger partial charge < -0.3 is 10.8 Å². The van der Waals surface area contributed by atoms with Gasteiger partial charge in [-0.15, -0.1) is 0 Å². The zero-order valence-corrected chi connectivity index (χ0v) is 8.31. The minimum atomic E-state index is 0.115. The van der Waals surface area contributed by atoms with Gasteiger partial charge in [0.15, 0.2) is 0 Å². The number of phenols is 1. The minimum absolute atomic E-state index is 0.115. The van der Waals surface area contributed by atoms with Crippen molar-refractivity contribution in [2.24, 2.45) is 0 Å². The van der Waals surface area contributed by atoms with E-state index in [1.165, 1.54) is 6.07 Å². The molecule has 2 nitrogen and oxygen atoms in total. The molecule has 0 aliphatic heterocycles. The van der Waals surface area contributed by atoms with E-state index < -0.39 is 0 Å². The highest BCUT2D eigenvalue weighted by Gasteiger charge is 2.00. The summed E-state index contributed by atoms with van der Waals surface area (Å²) >= 11 is 5.63. The van der Waals surface area contributed by atoms with Crippen molar-refractivity contribution in [2.45, 2.75) is 20.8 Å². The van der Waals surface area contributed by atoms with Gasteiger partial charge >= 0.3 is 0 Å². The van der Waals surface area contributed by atoms with Crippen LogP contribution in [0, 0.1) is 6.92 Å². The van der Waals surface area contributed by atoms with Crippen molar-refractivity contribution in [1.82, 2.24) is 0 Å². The van der Waals surface area contributed by atoms with Crippen LogP contribution in [0.25, 0.3) is 0 Å². The third-order valence-corrected chi connectivity index (χ3v) is 1.51. The Kier molecular flexibility index (Phi) is 4.52. The van der Waals surface area contributed by atoms with E-state index >= 15 is 0 Å². The van der Waals surface area contributed by atoms with Gasteiger partial charge in [0.1, 0.15) is 5.75 Å². The summed E-state index contributed by atoms with van der Waals surface area (Å²) in [6, 6.07) is 3.18. The van der Waals surface area contributed by atoms with Gasteiger partial charge in [0, 0.05) is 5.02 Å². The lowest BCUT2D eigenvalue weighted by atomic mass is 10.2. The van der Waals surface area contributed by atoms with Gasteiger partial charge in [-0.05, 0) is 24.6 Å². The molecule has 0 aliphatic carbocycles. The number of phenolic OH excluding ortho intramolecular Hbond substituents is 1. The average Bonchev–Trinajstić information content (AvgIpc) is 2.04. The van der Waals surface area contributed by atoms with Crippen LogP contribution >= 0.6 is 11.6 Å². The van der Waals surface area contributed by atoms with E-state index in [9.17, 15) is 0 Å². The summed E-state index contributed by atoms with van der Waals surface area (Å²) in [5, 5.41) is 9.70. The molecule has 0 bridgehead atoms. The maximum absolute atomic E-state index is 9.15. The topological polar surface area (TPSA) is 46.2 Å². The zero-order chi connectivity index (χ0) is 9.72. The van der Waals surface area contributed by atoms with Crippen LogP contribution in [0.4, 0.5) is 5.69 Å². The Hall–Kier alpha value is -0.890. The van der Waals surface area contributed by atoms with E-state index in [-0.39, 0.29) is 5.75 Å². The Morgan fingerprint density at radius 3 is 2.25 bits per heavy atom. The largest absolute Gasteiger partial charge is 0.506 e. The maximum atomic E-state index is 9.15. The Balaban J connectivity index is 0.000000561. The van der Waals surface area contributed by atoms with Gasteiger partial charge in [-0.1, -0.05) is 25.4 Å². The molecule has 12 heavy (non-hydrogen) atoms. The summed E-state index contributed by atoms with van der Waals surface area (Å²) in [7, 11) is 0. The first-order valence-electron chi connectivity index (χ1n) is 3.86. The van der Waals surface area contributed by atoms with Gasteiger partial charge in [0.2, 0.25) is 0 Å². The molecule has 0 unspecified atom stereocenters. The summed E-state index contributed by atoms with van der Waals surface area (Å²) in [5.74, 6) is 0.115. The van der Waals surface area contributed by atoms with Crippen LogP contribution in [0.3, 0.4) is 0 Å². The fourth-order valence-electron chi connectivity index (χ4n) is 0.761. The molecular weight excluding hydrogens is 174 g/mol. The van der Waals surface area contributed by atoms with Gasteiger partial charge in [-0.2, -0.15) is 0 Å². The Morgan fingerprint density at radius 1 is 1.33 bits per heavy atom. The Bertz CT molecular complexity index is 238. The molecule has 1 aromatic carbocycles. The SMILES string of the molecule is CC.Cc1cc(Cl)cc(N)c1O. The van der Waals surface area contributed by atoms with Gasteiger partial charge in [0.25, 0.3) is 0 Å². The smallest absolute Gasteiger partial charge is 0.141 e. The first-order chi connectivity index (χ1) is 5.61. The summed E-state index contributed by atoms with van der Waals surface area (Å²) in [5.41, 5.74) is 6.41. The van der Waals surface area contributed by atoms with E-state index in [0.29, 0.717) is 16.3 Å². The van der Waals surface area contributed by atoms with E-state index in [1.54, 1.807) is 13.0 Å². The first-order valence-corrected chi connectivity index (χ1v) is 4.23. The third kappa shape index (κ3) is 2.62. The molecule has 1 rings (SSSR count). The highest BCUT2D eigenvalue weighted by molar-refractivity contribution is 6.31. The normalized spacial score (nSPS) is 8.67. The number of aryl methyl sites for hydroxylation is 1. The molecule has 0 aromatic heterocycles. The number of aromatic hydroxyl groups is 1. The molecule has 0 saturated heterocycles. The fraction of sp³-hybridized carbons (Fsp3) is 0.333. The molecule has 0 atom stereocenters. The van der Waals surface area contributed by atoms with Crippen LogP contribution < -0.4 is 5.73 Å². The second-order valence-electron chi connectivity index (χ2n) is 2.16. The van der Waals surface area contributed by atoms with Crippen LogP contribution in [0.5, 0.6) is 5.75 Å². The van der Waals surface area contributed by atoms with Crippen molar-refractivity contribution < 1.29 is 5.11 Å². The molecule has 0 saturated carbocycles. The highest BCUT2D eigenvalue weighted by Crippen LogP contribution is 2.27. The Labute approximate surface area is 78.0 Å². The second kappa shape index (κ2) is 4.88. The molecule has 0 amide bonds. The highest BCUT2D eigenvalue weighted by atomic mass is 35.5. The molecule has 0 fully saturated rings. The van der Waals surface area contributed by atoms with Crippen LogP contribution in [-0.2, 0) is 0 Å². The predicted molar refractivity (Wildman–Crippen MR) is 53.6 cm³/mol. The molecule has 0 spiro atoms. The minimum Gasteiger partial charge on any atom is -0.506 e. The lowest BCUT2D eigenvalue weighted by Gasteiger charge is -2.01. The second-order valence-corrected chi connectivity index (χ2v) is 2.60. The molecule has 0 radical (unpaired) electrons. The number of nitrogens with two attached hydrogens (primary N) is 1. The predicted octanol–water partition coefficient (Wildman–Crippen LogP) is 2.96. The quantitative estimate of drug-likeness (QED) is 0.485. The number of benzene rings is 1. The molecule has 3 N–H and O–H groups in total. The van der Waals surface area contributed by atoms with Crippen molar-refractivity contribution in [3.63, 3.8) is 0 Å². The van der Waals surface area contributed by atoms with Gasteiger partial charge in [-0.3, -0.25) is 0 Å². The molecule has 3 heteroatoms. The van der Waals surface area contributed by atoms with Crippen molar-refractivity contribution in [2.75, 3.05) is 5.73 Å². The lowest BCUT2D eigenvalue weighted by Crippen LogP contribution is -1.87. The molecule has 1 aromatic rings. The third-order valence-electron chi connectivity index (χ3n) is 1.29. The monoisotopic (exact) mass is 187 g/mol. The van der Waals surface area contributed by atoms with Crippen LogP contribution in [0.15, 0.2) is 12.1 Å². The Morgan fingerprint density at radius 2 is 1.83 bits per heavy atom. The number of hydrogen-bond acceptors (Lipinski definition) is 2. The zero-order valence-electron chi connectivity index (χ0n) is 7.56. The molecular formula is C9H14ClNO. The van der Waals surface area contributed by atoms with Crippen molar-refractivity contribution >= 4 is 17.3 Å². The maximum Gasteiger partial charge on any atom is 0.141 e. The van der Waals surface area contributed by atoms with Crippen molar-refractivity contribution in [3.05, 3.63) is 22.7 Å². The molecule has 68 valence electrons. The van der Waals surface area contributed by atoms with E-state index in [2.05, 4.69) is 0 Å². The van der Waals surface area contributed by atoms with Crippen LogP contribution in [0.1, 0.15) is 19.4 Å². The van der Waals surface area contributed by atoms with Crippen molar-refractivity contribution in [3.8, 4) is 5.75 Å². The number of halogens is 1. The fourth-order valence-corrected chi connectivity index (χ4v) is 1.04. The average molecular weight is 188 g/mol. The standard InChI is InChI=1S/C7H8ClNO.C2H6/c1-4-2-5(8)3-6(9)7(4)10;1-2/h2-3,10H,9H2,1H3;1-2H3. The number of anilines is 1. The molecule has 0 aliphatic rings. The van der Waals surface area contributed by atoms with Crippen molar-refractivity contribution in [1.29, 1.82) is 0 Å². The number of hydrogen-bond donors (Lipinski definition) is 2. The summed E-state index contributed by atoms with van der Waals surface area (Å²) < 4.78 is 0. The van der Waals surface area contributed by atoms with Crippen LogP contribution in [0.2, 0.25) is 5.02 Å². The molecule has 0 heterocycles. The summed E-state index contributed by atoms with van der Waals surface area (Å²) in [6.45, 7) is 5.75. The number of nitrogen functional groups attached to an aromatic ring is 1. The lowest BCUT2D eigenvalue weighted by molar-refractivity contribution is 0.474. The van der Waals surface area contributed by atoms with Gasteiger partial charge in [0.05, 0.1) is 5.69 Å². The van der Waals surface area contributed by atoms with Crippen LogP contribution in [-0.4, -0.2) is 5.11 Å². The van der Waals surface area contributed by atoms with E-state index in [0.717, 1.165) is 0 Å². The van der Waals surface area contributed by atoms with E-state index in [1.807, 2.05) is 13.8 Å². The number of rotatable bonds is 0. The summed E-state index contributed by atoms with van der Waals surface area (Å²) in [4.78, 5) is 0. The van der Waals surface area contributed by atoms with E-state index in [4.69, 9.17) is 22.4 Å². The first kappa shape index (κ1) is 11.1.